The van der Waals surface area contributed by atoms with Crippen molar-refractivity contribution in [3.05, 3.63) is 57.6 Å². The van der Waals surface area contributed by atoms with Crippen molar-refractivity contribution in [2.24, 2.45) is 5.73 Å². The highest BCUT2D eigenvalue weighted by Gasteiger charge is 2.20. The van der Waals surface area contributed by atoms with Gasteiger partial charge in [-0.25, -0.2) is 0 Å². The minimum absolute atomic E-state index is 0.0873. The Kier molecular flexibility index (Phi) is 4.42. The Morgan fingerprint density at radius 1 is 1.20 bits per heavy atom. The lowest BCUT2D eigenvalue weighted by atomic mass is 10.1. The third kappa shape index (κ3) is 3.47. The molecule has 8 nitrogen and oxygen atoms in total. The van der Waals surface area contributed by atoms with E-state index in [2.05, 4.69) is 5.32 Å². The summed E-state index contributed by atoms with van der Waals surface area (Å²) in [6, 6.07) is 9.40. The van der Waals surface area contributed by atoms with E-state index in [4.69, 9.17) is 15.2 Å². The zero-order chi connectivity index (χ0) is 18.0. The number of fused-ring (bicyclic) bond motifs is 1. The van der Waals surface area contributed by atoms with Crippen molar-refractivity contribution >= 4 is 17.3 Å². The number of nitro benzene ring substituents is 1. The molecule has 1 aliphatic heterocycles. The maximum atomic E-state index is 11.3. The Morgan fingerprint density at radius 2 is 1.92 bits per heavy atom. The normalized spacial score (nSPS) is 13.8. The summed E-state index contributed by atoms with van der Waals surface area (Å²) in [7, 11) is 0. The molecule has 3 N–H and O–H groups in total. The molecule has 3 rings (SSSR count). The number of amides is 1. The molecule has 1 atom stereocenters. The average Bonchev–Trinajstić information content (AvgIpc) is 2.61. The van der Waals surface area contributed by atoms with Crippen LogP contribution in [0.3, 0.4) is 0 Å². The molecule has 1 amide bonds. The fourth-order valence-electron chi connectivity index (χ4n) is 2.60. The van der Waals surface area contributed by atoms with E-state index in [1.54, 1.807) is 0 Å². The summed E-state index contributed by atoms with van der Waals surface area (Å²) in [5.41, 5.74) is 6.25. The van der Waals surface area contributed by atoms with E-state index in [1.807, 2.05) is 25.1 Å². The quantitative estimate of drug-likeness (QED) is 0.637. The van der Waals surface area contributed by atoms with Crippen LogP contribution in [0, 0.1) is 10.1 Å². The van der Waals surface area contributed by atoms with Crippen LogP contribution < -0.4 is 20.5 Å². The highest BCUT2D eigenvalue weighted by molar-refractivity contribution is 5.94. The van der Waals surface area contributed by atoms with Gasteiger partial charge in [0.2, 0.25) is 5.91 Å². The largest absolute Gasteiger partial charge is 0.486 e. The molecule has 8 heteroatoms. The Hall–Kier alpha value is -3.29. The summed E-state index contributed by atoms with van der Waals surface area (Å²) in [4.78, 5) is 22.0. The highest BCUT2D eigenvalue weighted by Crippen LogP contribution is 2.34. The van der Waals surface area contributed by atoms with Gasteiger partial charge in [0, 0.05) is 17.7 Å². The van der Waals surface area contributed by atoms with Crippen LogP contribution in [0.4, 0.5) is 11.4 Å². The number of carbonyl (C=O) groups is 1. The second kappa shape index (κ2) is 6.68. The third-order valence-corrected chi connectivity index (χ3v) is 3.92. The maximum Gasteiger partial charge on any atom is 0.293 e. The lowest BCUT2D eigenvalue weighted by molar-refractivity contribution is -0.384. The van der Waals surface area contributed by atoms with E-state index in [-0.39, 0.29) is 17.3 Å². The van der Waals surface area contributed by atoms with Crippen LogP contribution in [0.1, 0.15) is 28.9 Å². The first-order valence-corrected chi connectivity index (χ1v) is 7.70. The van der Waals surface area contributed by atoms with Crippen molar-refractivity contribution in [2.45, 2.75) is 13.0 Å². The zero-order valence-corrected chi connectivity index (χ0v) is 13.5. The van der Waals surface area contributed by atoms with Gasteiger partial charge in [-0.3, -0.25) is 14.9 Å². The Labute approximate surface area is 143 Å². The molecule has 0 bridgehead atoms. The molecule has 0 unspecified atom stereocenters. The molecule has 2 aromatic carbocycles. The molecule has 1 heterocycles. The molecule has 0 saturated carbocycles. The Bertz CT molecular complexity index is 837. The second-order valence-electron chi connectivity index (χ2n) is 5.62. The maximum absolute atomic E-state index is 11.3. The number of nitrogens with zero attached hydrogens (tertiary/aromatic N) is 1. The van der Waals surface area contributed by atoms with Crippen molar-refractivity contribution in [3.8, 4) is 11.5 Å². The van der Waals surface area contributed by atoms with Crippen LogP contribution in [0.25, 0.3) is 0 Å². The fraction of sp³-hybridized carbons (Fsp3) is 0.235. The molecule has 1 aliphatic rings. The van der Waals surface area contributed by atoms with Gasteiger partial charge in [-0.2, -0.15) is 0 Å². The van der Waals surface area contributed by atoms with Gasteiger partial charge in [-0.15, -0.1) is 0 Å². The summed E-state index contributed by atoms with van der Waals surface area (Å²) in [5, 5.41) is 14.4. The van der Waals surface area contributed by atoms with Crippen molar-refractivity contribution in [1.29, 1.82) is 0 Å². The lowest BCUT2D eigenvalue weighted by Gasteiger charge is -2.21. The number of anilines is 1. The monoisotopic (exact) mass is 343 g/mol. The molecule has 0 aromatic heterocycles. The van der Waals surface area contributed by atoms with E-state index in [1.165, 1.54) is 18.2 Å². The minimum atomic E-state index is -0.713. The van der Waals surface area contributed by atoms with Crippen LogP contribution in [0.2, 0.25) is 0 Å². The molecular formula is C17H17N3O5. The molecule has 0 aliphatic carbocycles. The molecule has 0 spiro atoms. The number of nitrogens with one attached hydrogen (secondary N) is 1. The number of hydrogen-bond acceptors (Lipinski definition) is 6. The zero-order valence-electron chi connectivity index (χ0n) is 13.5. The number of benzene rings is 2. The molecule has 0 radical (unpaired) electrons. The molecule has 130 valence electrons. The third-order valence-electron chi connectivity index (χ3n) is 3.92. The molecule has 0 saturated heterocycles. The van der Waals surface area contributed by atoms with Gasteiger partial charge in [0.15, 0.2) is 11.5 Å². The number of hydrogen-bond donors (Lipinski definition) is 2. The summed E-state index contributed by atoms with van der Waals surface area (Å²) < 4.78 is 11.0. The van der Waals surface area contributed by atoms with Crippen LogP contribution >= 0.6 is 0 Å². The van der Waals surface area contributed by atoms with Gasteiger partial charge in [-0.1, -0.05) is 6.07 Å². The summed E-state index contributed by atoms with van der Waals surface area (Å²) in [6.07, 6.45) is 0. The SMILES string of the molecule is C[C@H](Nc1ccc(C(N)=O)cc1[N+](=O)[O-])c1ccc2c(c1)OCCO2. The smallest absolute Gasteiger partial charge is 0.293 e. The average molecular weight is 343 g/mol. The fourth-order valence-corrected chi connectivity index (χ4v) is 2.60. The number of ether oxygens (including phenoxy) is 2. The predicted molar refractivity (Wildman–Crippen MR) is 91.1 cm³/mol. The number of rotatable bonds is 5. The first-order valence-electron chi connectivity index (χ1n) is 7.70. The standard InChI is InChI=1S/C17H17N3O5/c1-10(11-3-5-15-16(9-11)25-7-6-24-15)19-13-4-2-12(17(18)21)8-14(13)20(22)23/h2-5,8-10,19H,6-7H2,1H3,(H2,18,21)/t10-/m0/s1. The number of nitrogens with two attached hydrogens (primary N) is 1. The van der Waals surface area contributed by atoms with Crippen LogP contribution in [0.5, 0.6) is 11.5 Å². The summed E-state index contributed by atoms with van der Waals surface area (Å²) in [6.45, 7) is 2.87. The molecule has 25 heavy (non-hydrogen) atoms. The summed E-state index contributed by atoms with van der Waals surface area (Å²) >= 11 is 0. The first kappa shape index (κ1) is 16.6. The number of primary amides is 1. The van der Waals surface area contributed by atoms with Crippen LogP contribution in [-0.2, 0) is 0 Å². The van der Waals surface area contributed by atoms with Crippen molar-refractivity contribution in [2.75, 3.05) is 18.5 Å². The van der Waals surface area contributed by atoms with E-state index in [0.717, 1.165) is 5.56 Å². The topological polar surface area (TPSA) is 117 Å². The van der Waals surface area contributed by atoms with E-state index >= 15 is 0 Å². The van der Waals surface area contributed by atoms with Crippen LogP contribution in [0.15, 0.2) is 36.4 Å². The van der Waals surface area contributed by atoms with E-state index < -0.39 is 10.8 Å². The minimum Gasteiger partial charge on any atom is -0.486 e. The van der Waals surface area contributed by atoms with Gasteiger partial charge in [0.05, 0.1) is 4.92 Å². The molecule has 0 fully saturated rings. The van der Waals surface area contributed by atoms with Crippen molar-refractivity contribution in [1.82, 2.24) is 0 Å². The van der Waals surface area contributed by atoms with Crippen molar-refractivity contribution in [3.63, 3.8) is 0 Å². The van der Waals surface area contributed by atoms with Gasteiger partial charge in [0.1, 0.15) is 18.9 Å². The molecule has 2 aromatic rings. The molecular weight excluding hydrogens is 326 g/mol. The predicted octanol–water partition coefficient (Wildman–Crippen LogP) is 2.64. The van der Waals surface area contributed by atoms with Crippen molar-refractivity contribution < 1.29 is 19.2 Å². The van der Waals surface area contributed by atoms with Gasteiger partial charge in [-0.05, 0) is 36.8 Å². The van der Waals surface area contributed by atoms with E-state index in [0.29, 0.717) is 30.4 Å². The van der Waals surface area contributed by atoms with Gasteiger partial charge in [0.25, 0.3) is 5.69 Å². The lowest BCUT2D eigenvalue weighted by Crippen LogP contribution is -2.16. The number of nitro groups is 1. The highest BCUT2D eigenvalue weighted by atomic mass is 16.6. The van der Waals surface area contributed by atoms with Gasteiger partial charge < -0.3 is 20.5 Å². The first-order chi connectivity index (χ1) is 12.0. The van der Waals surface area contributed by atoms with E-state index in [9.17, 15) is 14.9 Å². The second-order valence-corrected chi connectivity index (χ2v) is 5.62. The van der Waals surface area contributed by atoms with Crippen LogP contribution in [-0.4, -0.2) is 24.0 Å². The number of carbonyl (C=O) groups excluding carboxylic acids is 1. The summed E-state index contributed by atoms with van der Waals surface area (Å²) in [5.74, 6) is 0.615. The Morgan fingerprint density at radius 3 is 2.60 bits per heavy atom. The van der Waals surface area contributed by atoms with Gasteiger partial charge >= 0.3 is 0 Å². The Balaban J connectivity index is 1.86.